The zero-order chi connectivity index (χ0) is 13.7. The van der Waals surface area contributed by atoms with Gasteiger partial charge < -0.3 is 5.32 Å². The van der Waals surface area contributed by atoms with Crippen molar-refractivity contribution in [2.45, 2.75) is 51.0 Å². The quantitative estimate of drug-likeness (QED) is 0.868. The predicted octanol–water partition coefficient (Wildman–Crippen LogP) is 4.29. The van der Waals surface area contributed by atoms with Gasteiger partial charge in [-0.15, -0.1) is 0 Å². The van der Waals surface area contributed by atoms with Gasteiger partial charge in [0.15, 0.2) is 0 Å². The molecule has 2 fully saturated rings. The minimum absolute atomic E-state index is 0.0941. The molecule has 1 N–H and O–H groups in total. The SMILES string of the molecule is CC(C)NCC1(c2c(F)cccc2Cl)CC2(CC2)C1. The summed E-state index contributed by atoms with van der Waals surface area (Å²) in [6.45, 7) is 5.08. The Balaban J connectivity index is 1.91. The third-order valence-corrected chi connectivity index (χ3v) is 5.04. The van der Waals surface area contributed by atoms with Gasteiger partial charge in [0, 0.05) is 28.6 Å². The first-order chi connectivity index (χ1) is 8.96. The second-order valence-corrected chi connectivity index (χ2v) is 7.17. The highest BCUT2D eigenvalue weighted by Gasteiger charge is 2.62. The van der Waals surface area contributed by atoms with Crippen molar-refractivity contribution < 1.29 is 4.39 Å². The summed E-state index contributed by atoms with van der Waals surface area (Å²) in [6, 6.07) is 5.46. The Hall–Kier alpha value is -0.600. The van der Waals surface area contributed by atoms with E-state index in [9.17, 15) is 4.39 Å². The number of hydrogen-bond acceptors (Lipinski definition) is 1. The fourth-order valence-electron chi connectivity index (χ4n) is 3.71. The largest absolute Gasteiger partial charge is 0.314 e. The van der Waals surface area contributed by atoms with Crippen molar-refractivity contribution in [3.05, 3.63) is 34.6 Å². The minimum atomic E-state index is -0.145. The van der Waals surface area contributed by atoms with Crippen LogP contribution in [0.1, 0.15) is 45.1 Å². The number of halogens is 2. The standard InChI is InChI=1S/C16H21ClFN/c1-11(2)19-10-16(8-15(9-16)6-7-15)14-12(17)4-3-5-13(14)18/h3-5,11,19H,6-10H2,1-2H3. The van der Waals surface area contributed by atoms with E-state index in [1.165, 1.54) is 18.9 Å². The highest BCUT2D eigenvalue weighted by Crippen LogP contribution is 2.69. The summed E-state index contributed by atoms with van der Waals surface area (Å²) in [7, 11) is 0. The first-order valence-corrected chi connectivity index (χ1v) is 7.52. The normalized spacial score (nSPS) is 22.6. The molecule has 0 unspecified atom stereocenters. The van der Waals surface area contributed by atoms with Crippen LogP contribution >= 0.6 is 11.6 Å². The molecule has 0 radical (unpaired) electrons. The summed E-state index contributed by atoms with van der Waals surface area (Å²) in [5.74, 6) is -0.145. The summed E-state index contributed by atoms with van der Waals surface area (Å²) in [6.07, 6.45) is 4.78. The van der Waals surface area contributed by atoms with Gasteiger partial charge in [0.2, 0.25) is 0 Å². The van der Waals surface area contributed by atoms with Gasteiger partial charge in [0.05, 0.1) is 0 Å². The molecular formula is C16H21ClFN. The summed E-state index contributed by atoms with van der Waals surface area (Å²) in [5, 5.41) is 4.07. The monoisotopic (exact) mass is 281 g/mol. The van der Waals surface area contributed by atoms with Crippen LogP contribution in [-0.4, -0.2) is 12.6 Å². The third kappa shape index (κ3) is 2.30. The molecule has 0 heterocycles. The molecule has 2 aliphatic carbocycles. The van der Waals surface area contributed by atoms with E-state index in [1.54, 1.807) is 6.07 Å². The van der Waals surface area contributed by atoms with Crippen molar-refractivity contribution in [2.24, 2.45) is 5.41 Å². The molecule has 1 spiro atoms. The number of rotatable bonds is 4. The molecule has 0 bridgehead atoms. The molecule has 0 atom stereocenters. The lowest BCUT2D eigenvalue weighted by molar-refractivity contribution is 0.110. The maximum absolute atomic E-state index is 14.3. The van der Waals surface area contributed by atoms with E-state index in [0.29, 0.717) is 16.5 Å². The van der Waals surface area contributed by atoms with E-state index >= 15 is 0 Å². The summed E-state index contributed by atoms with van der Waals surface area (Å²) < 4.78 is 14.3. The van der Waals surface area contributed by atoms with Gasteiger partial charge in [-0.1, -0.05) is 31.5 Å². The topological polar surface area (TPSA) is 12.0 Å². The van der Waals surface area contributed by atoms with Crippen molar-refractivity contribution in [1.29, 1.82) is 0 Å². The summed E-state index contributed by atoms with van der Waals surface area (Å²) in [4.78, 5) is 0. The highest BCUT2D eigenvalue weighted by atomic mass is 35.5. The van der Waals surface area contributed by atoms with Crippen LogP contribution in [0.25, 0.3) is 0 Å². The molecule has 1 nitrogen and oxygen atoms in total. The fourth-order valence-corrected chi connectivity index (χ4v) is 4.07. The van der Waals surface area contributed by atoms with Gasteiger partial charge in [-0.25, -0.2) is 4.39 Å². The fraction of sp³-hybridized carbons (Fsp3) is 0.625. The average molecular weight is 282 g/mol. The van der Waals surface area contributed by atoms with Crippen LogP contribution in [0, 0.1) is 11.2 Å². The van der Waals surface area contributed by atoms with Crippen molar-refractivity contribution in [2.75, 3.05) is 6.54 Å². The summed E-state index contributed by atoms with van der Waals surface area (Å²) in [5.41, 5.74) is 1.16. The van der Waals surface area contributed by atoms with Gasteiger partial charge in [-0.2, -0.15) is 0 Å². The number of hydrogen-bond donors (Lipinski definition) is 1. The van der Waals surface area contributed by atoms with Gasteiger partial charge in [0.1, 0.15) is 5.82 Å². The third-order valence-electron chi connectivity index (χ3n) is 4.73. The van der Waals surface area contributed by atoms with Gasteiger partial charge in [0.25, 0.3) is 0 Å². The number of nitrogens with one attached hydrogen (secondary N) is 1. The van der Waals surface area contributed by atoms with Crippen LogP contribution in [0.15, 0.2) is 18.2 Å². The first kappa shape index (κ1) is 13.4. The zero-order valence-electron chi connectivity index (χ0n) is 11.6. The van der Waals surface area contributed by atoms with Crippen LogP contribution in [0.4, 0.5) is 4.39 Å². The second kappa shape index (κ2) is 4.46. The minimum Gasteiger partial charge on any atom is -0.314 e. The Bertz CT molecular complexity index is 465. The molecule has 1 aromatic rings. The molecule has 0 saturated heterocycles. The van der Waals surface area contributed by atoms with Gasteiger partial charge in [-0.3, -0.25) is 0 Å². The van der Waals surface area contributed by atoms with Crippen molar-refractivity contribution in [3.8, 4) is 0 Å². The molecule has 104 valence electrons. The summed E-state index contributed by atoms with van der Waals surface area (Å²) >= 11 is 6.29. The van der Waals surface area contributed by atoms with E-state index < -0.39 is 0 Å². The molecule has 0 aromatic heterocycles. The smallest absolute Gasteiger partial charge is 0.128 e. The van der Waals surface area contributed by atoms with Crippen LogP contribution in [0.5, 0.6) is 0 Å². The van der Waals surface area contributed by atoms with E-state index in [2.05, 4.69) is 19.2 Å². The van der Waals surface area contributed by atoms with Gasteiger partial charge in [-0.05, 0) is 43.2 Å². The molecule has 3 rings (SSSR count). The van der Waals surface area contributed by atoms with E-state index in [0.717, 1.165) is 24.9 Å². The molecule has 2 saturated carbocycles. The molecule has 19 heavy (non-hydrogen) atoms. The van der Waals surface area contributed by atoms with Crippen molar-refractivity contribution in [1.82, 2.24) is 5.32 Å². The molecular weight excluding hydrogens is 261 g/mol. The van der Waals surface area contributed by atoms with Crippen LogP contribution in [0.3, 0.4) is 0 Å². The Labute approximate surface area is 119 Å². The van der Waals surface area contributed by atoms with Crippen LogP contribution in [-0.2, 0) is 5.41 Å². The van der Waals surface area contributed by atoms with E-state index in [1.807, 2.05) is 6.07 Å². The van der Waals surface area contributed by atoms with Crippen LogP contribution in [0.2, 0.25) is 5.02 Å². The molecule has 2 aliphatic rings. The van der Waals surface area contributed by atoms with Crippen molar-refractivity contribution in [3.63, 3.8) is 0 Å². The second-order valence-electron chi connectivity index (χ2n) is 6.77. The van der Waals surface area contributed by atoms with Crippen LogP contribution < -0.4 is 5.32 Å². The maximum atomic E-state index is 14.3. The zero-order valence-corrected chi connectivity index (χ0v) is 12.4. The maximum Gasteiger partial charge on any atom is 0.128 e. The Morgan fingerprint density at radius 2 is 2.00 bits per heavy atom. The molecule has 1 aromatic carbocycles. The molecule has 0 amide bonds. The lowest BCUT2D eigenvalue weighted by Crippen LogP contribution is -2.51. The average Bonchev–Trinajstić information content (AvgIpc) is 3.05. The lowest BCUT2D eigenvalue weighted by atomic mass is 9.56. The molecule has 0 aliphatic heterocycles. The predicted molar refractivity (Wildman–Crippen MR) is 77.1 cm³/mol. The van der Waals surface area contributed by atoms with E-state index in [4.69, 9.17) is 11.6 Å². The van der Waals surface area contributed by atoms with Crippen molar-refractivity contribution >= 4 is 11.6 Å². The van der Waals surface area contributed by atoms with Gasteiger partial charge >= 0.3 is 0 Å². The highest BCUT2D eigenvalue weighted by molar-refractivity contribution is 6.31. The lowest BCUT2D eigenvalue weighted by Gasteiger charge is -2.50. The molecule has 3 heteroatoms. The Morgan fingerprint density at radius 1 is 1.32 bits per heavy atom. The van der Waals surface area contributed by atoms with E-state index in [-0.39, 0.29) is 11.2 Å². The number of benzene rings is 1. The Kier molecular flexibility index (Phi) is 3.14. The Morgan fingerprint density at radius 3 is 2.53 bits per heavy atom. The first-order valence-electron chi connectivity index (χ1n) is 7.14.